The molecule has 0 saturated carbocycles. The molecule has 0 aromatic rings. The molecule has 0 heterocycles. The van der Waals surface area contributed by atoms with Gasteiger partial charge in [0.15, 0.2) is 0 Å². The van der Waals surface area contributed by atoms with E-state index >= 15 is 0 Å². The normalized spacial score (nSPS) is 13.4. The van der Waals surface area contributed by atoms with E-state index < -0.39 is 18.8 Å². The van der Waals surface area contributed by atoms with Gasteiger partial charge in [0.1, 0.15) is 0 Å². The molecule has 1 unspecified atom stereocenters. The van der Waals surface area contributed by atoms with Crippen molar-refractivity contribution < 1.29 is 132 Å². The number of halogens is 6. The van der Waals surface area contributed by atoms with E-state index in [-0.39, 0.29) is 106 Å². The summed E-state index contributed by atoms with van der Waals surface area (Å²) in [4.78, 5) is 0. The van der Waals surface area contributed by atoms with Crippen LogP contribution in [-0.4, -0.2) is 18.8 Å². The predicted octanol–water partition coefficient (Wildman–Crippen LogP) is -3.62. The molecule has 0 bridgehead atoms. The second-order valence-electron chi connectivity index (χ2n) is 1.28. The summed E-state index contributed by atoms with van der Waals surface area (Å²) in [6, 6.07) is 0. The van der Waals surface area contributed by atoms with Gasteiger partial charge in [-0.3, -0.25) is 0 Å². The minimum atomic E-state index is -5.44. The summed E-state index contributed by atoms with van der Waals surface area (Å²) in [6.07, 6.45) is -13.4. The van der Waals surface area contributed by atoms with Crippen molar-refractivity contribution in [3.05, 3.63) is 0 Å². The molecule has 0 N–H and O–H groups in total. The van der Waals surface area contributed by atoms with Crippen molar-refractivity contribution >= 4 is 0 Å². The van der Waals surface area contributed by atoms with Crippen LogP contribution in [0.1, 0.15) is 2.85 Å². The van der Waals surface area contributed by atoms with Gasteiger partial charge in [0.2, 0.25) is 0 Å². The maximum atomic E-state index is 11.2. The molecule has 0 aliphatic heterocycles. The number of alkyl halides is 6. The molecule has 0 spiro atoms. The molecule has 8 heteroatoms. The van der Waals surface area contributed by atoms with Gasteiger partial charge in [-0.15, -0.1) is 0 Å². The van der Waals surface area contributed by atoms with Crippen molar-refractivity contribution in [3.8, 4) is 0 Å². The smallest absolute Gasteiger partial charge is 1.00 e. The summed E-state index contributed by atoms with van der Waals surface area (Å²) in [5.41, 5.74) is 0. The average molecular weight is 232 g/mol. The van der Waals surface area contributed by atoms with Crippen LogP contribution in [-0.2, 0) is 0 Å². The first-order valence-corrected chi connectivity index (χ1v) is 1.84. The number of hydrogen-bond acceptors (Lipinski definition) is 0. The number of hydrogen-bond donors (Lipinski definition) is 0. The Morgan fingerprint density at radius 3 is 1.18 bits per heavy atom. The zero-order chi connectivity index (χ0) is 7.65. The Morgan fingerprint density at radius 1 is 0.909 bits per heavy atom. The Bertz CT molecular complexity index is 98.4. The molecule has 0 rings (SSSR count). The third kappa shape index (κ3) is 9.16. The maximum absolute atomic E-state index is 11.2. The molecule has 0 amide bonds. The minimum absolute atomic E-state index is 0. The van der Waals surface area contributed by atoms with Crippen molar-refractivity contribution in [2.45, 2.75) is 18.8 Å². The van der Waals surface area contributed by atoms with E-state index in [4.69, 9.17) is 0 Å². The van der Waals surface area contributed by atoms with Crippen LogP contribution in [0.15, 0.2) is 0 Å². The molecule has 0 nitrogen and oxygen atoms in total. The zero-order valence-corrected chi connectivity index (χ0v) is 12.2. The minimum Gasteiger partial charge on any atom is -1.00 e. The SMILES string of the molecule is FC(F)C(F)C(F)(F)F.[H-].[H-].[K+].[K+]. The topological polar surface area (TPSA) is 0 Å². The van der Waals surface area contributed by atoms with Crippen LogP contribution in [0.3, 0.4) is 0 Å². The summed E-state index contributed by atoms with van der Waals surface area (Å²) in [6.45, 7) is 0. The second-order valence-corrected chi connectivity index (χ2v) is 1.28. The van der Waals surface area contributed by atoms with Gasteiger partial charge >= 0.3 is 109 Å². The van der Waals surface area contributed by atoms with Gasteiger partial charge in [-0.05, 0) is 0 Å². The van der Waals surface area contributed by atoms with Crippen LogP contribution < -0.4 is 103 Å². The van der Waals surface area contributed by atoms with Gasteiger partial charge in [-0.2, -0.15) is 13.2 Å². The first-order chi connectivity index (χ1) is 3.85. The summed E-state index contributed by atoms with van der Waals surface area (Å²) >= 11 is 0. The fourth-order valence-corrected chi connectivity index (χ4v) is 0.143. The maximum Gasteiger partial charge on any atom is 1.00 e. The standard InChI is InChI=1S/C3H2F6.2K.2H/c4-1(2(5)6)3(7,8)9;;;;/h1-2H;;;;/q;2*+1;2*-1. The van der Waals surface area contributed by atoms with E-state index in [1.807, 2.05) is 0 Å². The third-order valence-electron chi connectivity index (χ3n) is 0.534. The van der Waals surface area contributed by atoms with Gasteiger partial charge in [0.05, 0.1) is 0 Å². The molecular formula is C3H4F6K2. The quantitative estimate of drug-likeness (QED) is 0.323. The van der Waals surface area contributed by atoms with E-state index in [1.54, 1.807) is 0 Å². The fourth-order valence-electron chi connectivity index (χ4n) is 0.143. The Hall–Kier alpha value is 2.85. The largest absolute Gasteiger partial charge is 1.00 e. The van der Waals surface area contributed by atoms with E-state index in [1.165, 1.54) is 0 Å². The van der Waals surface area contributed by atoms with E-state index in [0.29, 0.717) is 0 Å². The van der Waals surface area contributed by atoms with Crippen LogP contribution in [0.4, 0.5) is 26.3 Å². The molecule has 11 heavy (non-hydrogen) atoms. The fraction of sp³-hybridized carbons (Fsp3) is 1.00. The molecule has 0 aliphatic carbocycles. The van der Waals surface area contributed by atoms with Crippen LogP contribution in [0, 0.1) is 0 Å². The second kappa shape index (κ2) is 8.19. The van der Waals surface area contributed by atoms with Gasteiger partial charge in [-0.25, -0.2) is 13.2 Å². The number of rotatable bonds is 1. The van der Waals surface area contributed by atoms with E-state index in [2.05, 4.69) is 0 Å². The van der Waals surface area contributed by atoms with Crippen molar-refractivity contribution in [2.75, 3.05) is 0 Å². The summed E-state index contributed by atoms with van der Waals surface area (Å²) in [5.74, 6) is 0. The van der Waals surface area contributed by atoms with Crippen molar-refractivity contribution in [1.82, 2.24) is 0 Å². The summed E-state index contributed by atoms with van der Waals surface area (Å²) in [7, 11) is 0. The third-order valence-corrected chi connectivity index (χ3v) is 0.534. The van der Waals surface area contributed by atoms with Gasteiger partial charge < -0.3 is 2.85 Å². The van der Waals surface area contributed by atoms with E-state index in [9.17, 15) is 26.3 Å². The molecule has 0 aromatic heterocycles. The van der Waals surface area contributed by atoms with Gasteiger partial charge in [0.25, 0.3) is 12.6 Å². The molecule has 0 fully saturated rings. The summed E-state index contributed by atoms with van der Waals surface area (Å²) in [5, 5.41) is 0. The van der Waals surface area contributed by atoms with Crippen molar-refractivity contribution in [2.24, 2.45) is 0 Å². The Balaban J connectivity index is -0.0000000533. The molecule has 0 radical (unpaired) electrons. The van der Waals surface area contributed by atoms with Gasteiger partial charge in [-0.1, -0.05) is 0 Å². The molecule has 0 aromatic carbocycles. The van der Waals surface area contributed by atoms with Crippen LogP contribution >= 0.6 is 0 Å². The molecule has 1 atom stereocenters. The molecule has 0 saturated heterocycles. The monoisotopic (exact) mass is 232 g/mol. The average Bonchev–Trinajstić information content (AvgIpc) is 1.62. The van der Waals surface area contributed by atoms with Crippen LogP contribution in [0.25, 0.3) is 0 Å². The zero-order valence-electron chi connectivity index (χ0n) is 7.92. The van der Waals surface area contributed by atoms with Crippen LogP contribution in [0.5, 0.6) is 0 Å². The van der Waals surface area contributed by atoms with Crippen molar-refractivity contribution in [1.29, 1.82) is 0 Å². The molecule has 0 aliphatic rings. The Labute approximate surface area is 147 Å². The first kappa shape index (κ1) is 19.4. The van der Waals surface area contributed by atoms with Gasteiger partial charge in [0, 0.05) is 0 Å². The van der Waals surface area contributed by atoms with E-state index in [0.717, 1.165) is 0 Å². The summed E-state index contributed by atoms with van der Waals surface area (Å²) < 4.78 is 65.4. The van der Waals surface area contributed by atoms with Crippen LogP contribution in [0.2, 0.25) is 0 Å². The Kier molecular flexibility index (Phi) is 14.5. The Morgan fingerprint density at radius 2 is 1.18 bits per heavy atom. The molecule has 60 valence electrons. The van der Waals surface area contributed by atoms with Crippen molar-refractivity contribution in [3.63, 3.8) is 0 Å². The molecular weight excluding hydrogens is 228 g/mol. The predicted molar refractivity (Wildman–Crippen MR) is 19.2 cm³/mol. The first-order valence-electron chi connectivity index (χ1n) is 1.84.